The second kappa shape index (κ2) is 13.5. The molecular weight excluding hydrogens is 595 g/mol. The molecule has 0 fully saturated rings. The first-order chi connectivity index (χ1) is 21.8. The molecule has 0 atom stereocenters. The average Bonchev–Trinajstić information content (AvgIpc) is 2.84. The van der Waals surface area contributed by atoms with Crippen molar-refractivity contribution in [1.82, 2.24) is 0 Å². The van der Waals surface area contributed by atoms with E-state index in [4.69, 9.17) is 9.31 Å². The summed E-state index contributed by atoms with van der Waals surface area (Å²) in [5.41, 5.74) is 12.8. The fourth-order valence-electron chi connectivity index (χ4n) is 7.36. The Morgan fingerprint density at radius 1 is 0.367 bits per heavy atom. The zero-order chi connectivity index (χ0) is 37.9. The van der Waals surface area contributed by atoms with E-state index in [0.717, 1.165) is 11.5 Å². The van der Waals surface area contributed by atoms with E-state index < -0.39 is 7.12 Å². The van der Waals surface area contributed by atoms with Crippen LogP contribution in [0.2, 0.25) is 0 Å². The third-order valence-electron chi connectivity index (χ3n) is 9.85. The molecule has 0 saturated carbocycles. The molecular formula is C46H71BO2. The molecule has 0 aromatic heterocycles. The van der Waals surface area contributed by atoms with Crippen molar-refractivity contribution in [1.29, 1.82) is 0 Å². The highest BCUT2D eigenvalue weighted by atomic mass is 16.6. The maximum atomic E-state index is 7.22. The van der Waals surface area contributed by atoms with Crippen molar-refractivity contribution in [3.63, 3.8) is 0 Å². The third kappa shape index (κ3) is 9.77. The predicted molar refractivity (Wildman–Crippen MR) is 216 cm³/mol. The van der Waals surface area contributed by atoms with E-state index in [1.54, 1.807) is 0 Å². The van der Waals surface area contributed by atoms with Gasteiger partial charge in [0.1, 0.15) is 11.5 Å². The average molecular weight is 667 g/mol. The van der Waals surface area contributed by atoms with Gasteiger partial charge in [0.15, 0.2) is 0 Å². The number of aryl methyl sites for hydroxylation is 3. The molecule has 0 unspecified atom stereocenters. The van der Waals surface area contributed by atoms with E-state index >= 15 is 0 Å². The summed E-state index contributed by atoms with van der Waals surface area (Å²) in [4.78, 5) is 0. The van der Waals surface area contributed by atoms with Gasteiger partial charge in [-0.2, -0.15) is 0 Å². The van der Waals surface area contributed by atoms with Gasteiger partial charge < -0.3 is 9.31 Å². The van der Waals surface area contributed by atoms with Crippen LogP contribution in [0.4, 0.5) is 0 Å². The van der Waals surface area contributed by atoms with E-state index in [1.807, 2.05) is 0 Å². The number of hydrogen-bond donors (Lipinski definition) is 0. The Kier molecular flexibility index (Phi) is 11.2. The fraction of sp³-hybridized carbons (Fsp3) is 0.609. The van der Waals surface area contributed by atoms with Crippen LogP contribution in [-0.2, 0) is 38.8 Å². The van der Waals surface area contributed by atoms with Crippen LogP contribution in [0.3, 0.4) is 0 Å². The molecule has 0 bridgehead atoms. The van der Waals surface area contributed by atoms with E-state index in [0.29, 0.717) is 6.32 Å². The summed E-state index contributed by atoms with van der Waals surface area (Å²) in [6, 6.07) is 14.1. The molecule has 0 N–H and O–H groups in total. The normalized spacial score (nSPS) is 13.5. The van der Waals surface area contributed by atoms with Gasteiger partial charge in [-0.15, -0.1) is 0 Å². The van der Waals surface area contributed by atoms with Crippen molar-refractivity contribution >= 4 is 7.12 Å². The topological polar surface area (TPSA) is 18.5 Å². The summed E-state index contributed by atoms with van der Waals surface area (Å²) in [6.07, 6.45) is 0.630. The Morgan fingerprint density at radius 2 is 0.633 bits per heavy atom. The Balaban J connectivity index is 2.35. The maximum absolute atomic E-state index is 7.22. The van der Waals surface area contributed by atoms with Gasteiger partial charge in [0.25, 0.3) is 0 Å². The quantitative estimate of drug-likeness (QED) is 0.244. The molecule has 3 rings (SSSR count). The first kappa shape index (κ1) is 40.8. The third-order valence-corrected chi connectivity index (χ3v) is 9.85. The standard InChI is InChI=1S/C46H71BO2/c1-29-22-32(36(44(13,14)15)25-33(29)41(4,5)6)28-47(48-39-23-30(2)34(42(7,8)9)26-37(39)45(16,17)18)49-40-24-31(3)35(43(10,11)12)27-38(40)46(19,20)21/h22-27H,28H2,1-21H3. The van der Waals surface area contributed by atoms with Crippen LogP contribution in [0.5, 0.6) is 11.5 Å². The van der Waals surface area contributed by atoms with Gasteiger partial charge in [-0.3, -0.25) is 0 Å². The molecule has 0 saturated heterocycles. The van der Waals surface area contributed by atoms with Crippen molar-refractivity contribution in [3.8, 4) is 11.5 Å². The van der Waals surface area contributed by atoms with Gasteiger partial charge >= 0.3 is 7.12 Å². The minimum atomic E-state index is -0.539. The van der Waals surface area contributed by atoms with Gasteiger partial charge in [-0.05, 0) is 121 Å². The van der Waals surface area contributed by atoms with Gasteiger partial charge in [0.2, 0.25) is 0 Å². The largest absolute Gasteiger partial charge is 0.599 e. The molecule has 0 heterocycles. The lowest BCUT2D eigenvalue weighted by atomic mass is 9.70. The second-order valence-electron chi connectivity index (χ2n) is 21.0. The van der Waals surface area contributed by atoms with Crippen LogP contribution in [0.15, 0.2) is 36.4 Å². The molecule has 0 radical (unpaired) electrons. The van der Waals surface area contributed by atoms with Gasteiger partial charge in [-0.25, -0.2) is 0 Å². The molecule has 0 amide bonds. The molecule has 0 spiro atoms. The second-order valence-corrected chi connectivity index (χ2v) is 21.0. The molecule has 0 aliphatic rings. The first-order valence-corrected chi connectivity index (χ1v) is 18.6. The smallest absolute Gasteiger partial charge is 0.525 e. The number of rotatable bonds is 6. The van der Waals surface area contributed by atoms with Crippen LogP contribution in [0, 0.1) is 20.8 Å². The van der Waals surface area contributed by atoms with Crippen molar-refractivity contribution < 1.29 is 9.31 Å². The number of benzene rings is 3. The van der Waals surface area contributed by atoms with Gasteiger partial charge in [0.05, 0.1) is 0 Å². The number of hydrogen-bond acceptors (Lipinski definition) is 2. The Morgan fingerprint density at radius 3 is 0.918 bits per heavy atom. The van der Waals surface area contributed by atoms with E-state index in [9.17, 15) is 0 Å². The van der Waals surface area contributed by atoms with Gasteiger partial charge in [0, 0.05) is 6.32 Å². The predicted octanol–water partition coefficient (Wildman–Crippen LogP) is 13.1. The van der Waals surface area contributed by atoms with E-state index in [-0.39, 0.29) is 32.5 Å². The zero-order valence-corrected chi connectivity index (χ0v) is 35.6. The zero-order valence-electron chi connectivity index (χ0n) is 35.6. The highest BCUT2D eigenvalue weighted by Gasteiger charge is 2.35. The molecule has 2 nitrogen and oxygen atoms in total. The van der Waals surface area contributed by atoms with Crippen LogP contribution in [0.1, 0.15) is 180 Å². The van der Waals surface area contributed by atoms with Crippen molar-refractivity contribution in [2.45, 2.75) is 184 Å². The molecule has 3 aromatic rings. The maximum Gasteiger partial charge on any atom is 0.599 e. The van der Waals surface area contributed by atoms with Crippen molar-refractivity contribution in [2.75, 3.05) is 0 Å². The fourth-order valence-corrected chi connectivity index (χ4v) is 7.36. The molecule has 3 aromatic carbocycles. The van der Waals surface area contributed by atoms with Crippen molar-refractivity contribution in [2.24, 2.45) is 0 Å². The van der Waals surface area contributed by atoms with Crippen LogP contribution < -0.4 is 9.31 Å². The lowest BCUT2D eigenvalue weighted by Crippen LogP contribution is -2.36. The molecule has 270 valence electrons. The highest BCUT2D eigenvalue weighted by Crippen LogP contribution is 2.41. The van der Waals surface area contributed by atoms with Crippen LogP contribution in [0.25, 0.3) is 0 Å². The highest BCUT2D eigenvalue weighted by molar-refractivity contribution is 6.46. The minimum Gasteiger partial charge on any atom is -0.525 e. The molecule has 3 heteroatoms. The molecule has 0 aliphatic heterocycles. The lowest BCUT2D eigenvalue weighted by molar-refractivity contribution is 0.400. The SMILES string of the molecule is Cc1cc(CB(Oc2cc(C)c(C(C)(C)C)cc2C(C)(C)C)Oc2cc(C)c(C(C)(C)C)cc2C(C)(C)C)c(C(C)(C)C)cc1C(C)(C)C. The summed E-state index contributed by atoms with van der Waals surface area (Å²) in [7, 11) is -0.539. The summed E-state index contributed by atoms with van der Waals surface area (Å²) in [5.74, 6) is 1.81. The summed E-state index contributed by atoms with van der Waals surface area (Å²) < 4.78 is 14.4. The van der Waals surface area contributed by atoms with E-state index in [2.05, 4.69) is 182 Å². The van der Waals surface area contributed by atoms with Crippen LogP contribution >= 0.6 is 0 Å². The first-order valence-electron chi connectivity index (χ1n) is 18.6. The summed E-state index contributed by atoms with van der Waals surface area (Å²) >= 11 is 0. The molecule has 0 aliphatic carbocycles. The summed E-state index contributed by atoms with van der Waals surface area (Å²) in [5, 5.41) is 0. The minimum absolute atomic E-state index is 0.0282. The van der Waals surface area contributed by atoms with E-state index in [1.165, 1.54) is 55.6 Å². The summed E-state index contributed by atoms with van der Waals surface area (Å²) in [6.45, 7) is 48.1. The Bertz CT molecular complexity index is 1450. The van der Waals surface area contributed by atoms with Crippen molar-refractivity contribution in [3.05, 3.63) is 92.0 Å². The monoisotopic (exact) mass is 667 g/mol. The Labute approximate surface area is 303 Å². The van der Waals surface area contributed by atoms with Gasteiger partial charge in [-0.1, -0.05) is 149 Å². The molecule has 49 heavy (non-hydrogen) atoms. The Hall–Kier alpha value is -2.68. The lowest BCUT2D eigenvalue weighted by Gasteiger charge is -2.33. The van der Waals surface area contributed by atoms with Crippen LogP contribution in [-0.4, -0.2) is 7.12 Å².